The summed E-state index contributed by atoms with van der Waals surface area (Å²) in [5, 5.41) is 0. The van der Waals surface area contributed by atoms with Crippen molar-refractivity contribution < 1.29 is 13.9 Å². The van der Waals surface area contributed by atoms with Crippen molar-refractivity contribution in [2.75, 3.05) is 13.1 Å². The standard InChI is InChI=1S/C12H18N2O3/c1-8-6-14(7-9(2)16-8)12(15)11-4-3-10(5-13)17-11/h3-4,8-9H,5-7,13H2,1-2H3/t8-,9-/m0/s1. The van der Waals surface area contributed by atoms with Crippen molar-refractivity contribution in [1.29, 1.82) is 0 Å². The van der Waals surface area contributed by atoms with Gasteiger partial charge in [0.05, 0.1) is 18.8 Å². The van der Waals surface area contributed by atoms with Crippen molar-refractivity contribution in [2.45, 2.75) is 32.6 Å². The molecule has 1 amide bonds. The van der Waals surface area contributed by atoms with Gasteiger partial charge in [-0.2, -0.15) is 0 Å². The highest BCUT2D eigenvalue weighted by Crippen LogP contribution is 2.16. The lowest BCUT2D eigenvalue weighted by Gasteiger charge is -2.34. The van der Waals surface area contributed by atoms with Crippen LogP contribution < -0.4 is 5.73 Å². The third kappa shape index (κ3) is 2.68. The van der Waals surface area contributed by atoms with Crippen LogP contribution in [0.1, 0.15) is 30.2 Å². The van der Waals surface area contributed by atoms with Crippen molar-refractivity contribution in [3.8, 4) is 0 Å². The lowest BCUT2D eigenvalue weighted by atomic mass is 10.2. The van der Waals surface area contributed by atoms with Crippen LogP contribution in [-0.2, 0) is 11.3 Å². The summed E-state index contributed by atoms with van der Waals surface area (Å²) in [4.78, 5) is 13.9. The smallest absolute Gasteiger partial charge is 0.289 e. The highest BCUT2D eigenvalue weighted by Gasteiger charge is 2.28. The maximum Gasteiger partial charge on any atom is 0.289 e. The van der Waals surface area contributed by atoms with E-state index in [1.165, 1.54) is 0 Å². The van der Waals surface area contributed by atoms with E-state index in [9.17, 15) is 4.79 Å². The molecule has 1 aromatic rings. The van der Waals surface area contributed by atoms with Gasteiger partial charge in [0.25, 0.3) is 5.91 Å². The first kappa shape index (κ1) is 12.1. The van der Waals surface area contributed by atoms with Crippen LogP contribution in [0.5, 0.6) is 0 Å². The lowest BCUT2D eigenvalue weighted by Crippen LogP contribution is -2.48. The second-order valence-corrected chi connectivity index (χ2v) is 4.44. The van der Waals surface area contributed by atoms with Crippen LogP contribution in [0.4, 0.5) is 0 Å². The number of carbonyl (C=O) groups is 1. The normalized spacial score (nSPS) is 25.0. The van der Waals surface area contributed by atoms with E-state index >= 15 is 0 Å². The number of rotatable bonds is 2. The second kappa shape index (κ2) is 4.89. The van der Waals surface area contributed by atoms with Crippen LogP contribution in [0.15, 0.2) is 16.5 Å². The Hall–Kier alpha value is -1.33. The average molecular weight is 238 g/mol. The van der Waals surface area contributed by atoms with Gasteiger partial charge in [0.1, 0.15) is 5.76 Å². The summed E-state index contributed by atoms with van der Waals surface area (Å²) >= 11 is 0. The molecule has 0 saturated carbocycles. The molecular formula is C12H18N2O3. The minimum absolute atomic E-state index is 0.0617. The number of ether oxygens (including phenoxy) is 1. The Morgan fingerprint density at radius 2 is 2.06 bits per heavy atom. The SMILES string of the molecule is C[C@H]1CN(C(=O)c2ccc(CN)o2)C[C@H](C)O1. The number of hydrogen-bond donors (Lipinski definition) is 1. The van der Waals surface area contributed by atoms with Crippen molar-refractivity contribution in [2.24, 2.45) is 5.73 Å². The topological polar surface area (TPSA) is 68.7 Å². The molecule has 1 aliphatic rings. The Bertz CT molecular complexity index is 392. The summed E-state index contributed by atoms with van der Waals surface area (Å²) in [6.07, 6.45) is 0.123. The summed E-state index contributed by atoms with van der Waals surface area (Å²) in [6, 6.07) is 3.41. The summed E-state index contributed by atoms with van der Waals surface area (Å²) in [5.41, 5.74) is 5.45. The molecule has 5 heteroatoms. The number of carbonyl (C=O) groups excluding carboxylic acids is 1. The maximum absolute atomic E-state index is 12.2. The molecule has 2 N–H and O–H groups in total. The molecule has 17 heavy (non-hydrogen) atoms. The molecule has 5 nitrogen and oxygen atoms in total. The van der Waals surface area contributed by atoms with Gasteiger partial charge in [0.15, 0.2) is 5.76 Å². The Balaban J connectivity index is 2.08. The van der Waals surface area contributed by atoms with E-state index in [4.69, 9.17) is 14.9 Å². The molecule has 0 aliphatic carbocycles. The number of amides is 1. The molecule has 0 spiro atoms. The Labute approximate surface area is 101 Å². The van der Waals surface area contributed by atoms with Gasteiger partial charge >= 0.3 is 0 Å². The second-order valence-electron chi connectivity index (χ2n) is 4.44. The zero-order chi connectivity index (χ0) is 12.4. The first-order valence-corrected chi connectivity index (χ1v) is 5.83. The van der Waals surface area contributed by atoms with Crippen LogP contribution in [0.3, 0.4) is 0 Å². The van der Waals surface area contributed by atoms with E-state index in [0.29, 0.717) is 31.2 Å². The molecule has 1 aromatic heterocycles. The van der Waals surface area contributed by atoms with Crippen molar-refractivity contribution >= 4 is 5.91 Å². The van der Waals surface area contributed by atoms with Crippen LogP contribution in [-0.4, -0.2) is 36.1 Å². The number of hydrogen-bond acceptors (Lipinski definition) is 4. The fourth-order valence-corrected chi connectivity index (χ4v) is 2.10. The highest BCUT2D eigenvalue weighted by atomic mass is 16.5. The van der Waals surface area contributed by atoms with Crippen LogP contribution in [0, 0.1) is 0 Å². The van der Waals surface area contributed by atoms with Crippen LogP contribution >= 0.6 is 0 Å². The molecule has 2 atom stereocenters. The van der Waals surface area contributed by atoms with Gasteiger partial charge in [-0.15, -0.1) is 0 Å². The summed E-state index contributed by atoms with van der Waals surface area (Å²) in [6.45, 7) is 5.43. The molecule has 0 bridgehead atoms. The van der Waals surface area contributed by atoms with Crippen molar-refractivity contribution in [1.82, 2.24) is 4.90 Å². The van der Waals surface area contributed by atoms with E-state index in [1.54, 1.807) is 17.0 Å². The molecule has 2 heterocycles. The fourth-order valence-electron chi connectivity index (χ4n) is 2.10. The van der Waals surface area contributed by atoms with Crippen molar-refractivity contribution in [3.05, 3.63) is 23.7 Å². The van der Waals surface area contributed by atoms with Gasteiger partial charge in [-0.3, -0.25) is 4.79 Å². The van der Waals surface area contributed by atoms with E-state index in [0.717, 1.165) is 0 Å². The highest BCUT2D eigenvalue weighted by molar-refractivity contribution is 5.91. The Kier molecular flexibility index (Phi) is 3.49. The molecule has 1 fully saturated rings. The van der Waals surface area contributed by atoms with E-state index in [2.05, 4.69) is 0 Å². The van der Waals surface area contributed by atoms with Gasteiger partial charge in [-0.05, 0) is 26.0 Å². The molecule has 2 rings (SSSR count). The number of nitrogens with zero attached hydrogens (tertiary/aromatic N) is 1. The zero-order valence-corrected chi connectivity index (χ0v) is 10.2. The van der Waals surface area contributed by atoms with Gasteiger partial charge in [-0.1, -0.05) is 0 Å². The largest absolute Gasteiger partial charge is 0.455 e. The third-order valence-electron chi connectivity index (χ3n) is 2.78. The van der Waals surface area contributed by atoms with Crippen LogP contribution in [0.2, 0.25) is 0 Å². The maximum atomic E-state index is 12.2. The molecule has 0 radical (unpaired) electrons. The monoisotopic (exact) mass is 238 g/mol. The zero-order valence-electron chi connectivity index (χ0n) is 10.2. The van der Waals surface area contributed by atoms with E-state index in [1.807, 2.05) is 13.8 Å². The van der Waals surface area contributed by atoms with Gasteiger partial charge in [0.2, 0.25) is 0 Å². The van der Waals surface area contributed by atoms with Gasteiger partial charge in [-0.25, -0.2) is 0 Å². The third-order valence-corrected chi connectivity index (χ3v) is 2.78. The van der Waals surface area contributed by atoms with E-state index in [-0.39, 0.29) is 18.1 Å². The van der Waals surface area contributed by atoms with Crippen LogP contribution in [0.25, 0.3) is 0 Å². The number of nitrogens with two attached hydrogens (primary N) is 1. The van der Waals surface area contributed by atoms with Crippen molar-refractivity contribution in [3.63, 3.8) is 0 Å². The fraction of sp³-hybridized carbons (Fsp3) is 0.583. The minimum Gasteiger partial charge on any atom is -0.455 e. The molecular weight excluding hydrogens is 220 g/mol. The average Bonchev–Trinajstić information content (AvgIpc) is 2.75. The van der Waals surface area contributed by atoms with Gasteiger partial charge < -0.3 is 19.8 Å². The molecule has 0 unspecified atom stereocenters. The first-order chi connectivity index (χ1) is 8.10. The first-order valence-electron chi connectivity index (χ1n) is 5.83. The molecule has 1 aliphatic heterocycles. The minimum atomic E-state index is -0.0910. The number of furan rings is 1. The molecule has 94 valence electrons. The lowest BCUT2D eigenvalue weighted by molar-refractivity contribution is -0.0592. The Morgan fingerprint density at radius 3 is 2.59 bits per heavy atom. The predicted molar refractivity (Wildman–Crippen MR) is 62.5 cm³/mol. The molecule has 0 aromatic carbocycles. The quantitative estimate of drug-likeness (QED) is 0.834. The number of morpholine rings is 1. The Morgan fingerprint density at radius 1 is 1.41 bits per heavy atom. The van der Waals surface area contributed by atoms with Gasteiger partial charge in [0, 0.05) is 13.1 Å². The summed E-state index contributed by atoms with van der Waals surface area (Å²) < 4.78 is 10.9. The predicted octanol–water partition coefficient (Wildman–Crippen LogP) is 0.988. The summed E-state index contributed by atoms with van der Waals surface area (Å²) in [7, 11) is 0. The molecule has 1 saturated heterocycles. The van der Waals surface area contributed by atoms with E-state index < -0.39 is 0 Å². The summed E-state index contributed by atoms with van der Waals surface area (Å²) in [5.74, 6) is 0.890.